The third kappa shape index (κ3) is 6.07. The van der Waals surface area contributed by atoms with Gasteiger partial charge in [-0.1, -0.05) is 11.6 Å². The van der Waals surface area contributed by atoms with Gasteiger partial charge >= 0.3 is 6.18 Å². The van der Waals surface area contributed by atoms with Crippen LogP contribution in [0.1, 0.15) is 18.9 Å². The predicted octanol–water partition coefficient (Wildman–Crippen LogP) is 2.71. The second kappa shape index (κ2) is 8.19. The number of nitrogens with zero attached hydrogens (tertiary/aromatic N) is 1. The van der Waals surface area contributed by atoms with Crippen LogP contribution in [0, 0.1) is 0 Å². The van der Waals surface area contributed by atoms with Gasteiger partial charge in [-0.3, -0.25) is 4.79 Å². The summed E-state index contributed by atoms with van der Waals surface area (Å²) in [7, 11) is 1.53. The third-order valence-electron chi connectivity index (χ3n) is 2.64. The summed E-state index contributed by atoms with van der Waals surface area (Å²) in [5.41, 5.74) is -0.922. The molecule has 9 heteroatoms. The second-order valence-electron chi connectivity index (χ2n) is 4.65. The quantitative estimate of drug-likeness (QED) is 0.801. The van der Waals surface area contributed by atoms with Gasteiger partial charge in [0.1, 0.15) is 5.82 Å². The van der Waals surface area contributed by atoms with E-state index in [0.717, 1.165) is 6.07 Å². The van der Waals surface area contributed by atoms with Crippen LogP contribution in [-0.4, -0.2) is 37.2 Å². The van der Waals surface area contributed by atoms with Gasteiger partial charge in [0, 0.05) is 32.3 Å². The first kappa shape index (κ1) is 18.5. The van der Waals surface area contributed by atoms with Crippen molar-refractivity contribution in [3.8, 4) is 0 Å². The van der Waals surface area contributed by atoms with Crippen LogP contribution < -0.4 is 10.6 Å². The minimum Gasteiger partial charge on any atom is -0.383 e. The molecule has 0 fully saturated rings. The molecule has 1 atom stereocenters. The normalized spacial score (nSPS) is 12.8. The Morgan fingerprint density at radius 1 is 1.50 bits per heavy atom. The number of alkyl halides is 3. The number of ether oxygens (including phenoxy) is 1. The number of rotatable bonds is 7. The largest absolute Gasteiger partial charge is 0.417 e. The van der Waals surface area contributed by atoms with E-state index in [9.17, 15) is 18.0 Å². The number of carbonyl (C=O) groups excluding carboxylic acids is 1. The average Bonchev–Trinajstić information content (AvgIpc) is 2.39. The molecule has 0 aliphatic carbocycles. The molecule has 0 aliphatic rings. The van der Waals surface area contributed by atoms with E-state index in [2.05, 4.69) is 15.6 Å². The van der Waals surface area contributed by atoms with Crippen molar-refractivity contribution in [2.24, 2.45) is 0 Å². The first-order valence-corrected chi connectivity index (χ1v) is 6.86. The molecule has 1 aromatic heterocycles. The van der Waals surface area contributed by atoms with Crippen LogP contribution in [0.15, 0.2) is 12.3 Å². The Labute approximate surface area is 131 Å². The maximum Gasteiger partial charge on any atom is 0.417 e. The Kier molecular flexibility index (Phi) is 6.89. The van der Waals surface area contributed by atoms with Crippen molar-refractivity contribution in [1.29, 1.82) is 0 Å². The number of halogens is 4. The Bertz CT molecular complexity index is 512. The van der Waals surface area contributed by atoms with Crippen LogP contribution in [0.2, 0.25) is 5.02 Å². The Balaban J connectivity index is 2.47. The number of carbonyl (C=O) groups is 1. The average molecular weight is 340 g/mol. The first-order valence-electron chi connectivity index (χ1n) is 6.49. The van der Waals surface area contributed by atoms with Gasteiger partial charge in [-0.05, 0) is 13.0 Å². The summed E-state index contributed by atoms with van der Waals surface area (Å²) in [5.74, 6) is -0.104. The maximum atomic E-state index is 12.5. The molecular weight excluding hydrogens is 323 g/mol. The highest BCUT2D eigenvalue weighted by atomic mass is 35.5. The molecule has 0 saturated heterocycles. The van der Waals surface area contributed by atoms with Gasteiger partial charge in [-0.15, -0.1) is 0 Å². The molecule has 0 aliphatic heterocycles. The lowest BCUT2D eigenvalue weighted by Crippen LogP contribution is -2.36. The van der Waals surface area contributed by atoms with Crippen molar-refractivity contribution < 1.29 is 22.7 Å². The number of anilines is 1. The van der Waals surface area contributed by atoms with Gasteiger partial charge in [-0.25, -0.2) is 4.98 Å². The Morgan fingerprint density at radius 2 is 2.18 bits per heavy atom. The highest BCUT2D eigenvalue weighted by Gasteiger charge is 2.31. The van der Waals surface area contributed by atoms with Crippen molar-refractivity contribution in [3.63, 3.8) is 0 Å². The van der Waals surface area contributed by atoms with E-state index in [1.54, 1.807) is 6.92 Å². The Morgan fingerprint density at radius 3 is 2.73 bits per heavy atom. The second-order valence-corrected chi connectivity index (χ2v) is 5.06. The summed E-state index contributed by atoms with van der Waals surface area (Å²) in [5, 5.41) is 5.28. The number of aromatic nitrogens is 1. The molecular formula is C13H17ClF3N3O2. The van der Waals surface area contributed by atoms with Crippen molar-refractivity contribution in [1.82, 2.24) is 10.3 Å². The maximum absolute atomic E-state index is 12.5. The molecule has 0 radical (unpaired) electrons. The lowest BCUT2D eigenvalue weighted by molar-refractivity contribution is -0.137. The molecule has 0 unspecified atom stereocenters. The molecule has 0 bridgehead atoms. The molecule has 1 rings (SSSR count). The lowest BCUT2D eigenvalue weighted by atomic mass is 10.2. The number of nitrogens with one attached hydrogen (secondary N) is 2. The van der Waals surface area contributed by atoms with Crippen molar-refractivity contribution in [2.75, 3.05) is 25.6 Å². The number of amides is 1. The minimum atomic E-state index is -4.49. The van der Waals surface area contributed by atoms with E-state index in [0.29, 0.717) is 12.8 Å². The van der Waals surface area contributed by atoms with E-state index in [-0.39, 0.29) is 35.8 Å². The van der Waals surface area contributed by atoms with Gasteiger partial charge < -0.3 is 15.4 Å². The summed E-state index contributed by atoms with van der Waals surface area (Å²) in [4.78, 5) is 15.2. The zero-order valence-electron chi connectivity index (χ0n) is 12.1. The van der Waals surface area contributed by atoms with Crippen LogP contribution >= 0.6 is 11.6 Å². The lowest BCUT2D eigenvalue weighted by Gasteiger charge is -2.13. The molecule has 22 heavy (non-hydrogen) atoms. The number of hydrogen-bond acceptors (Lipinski definition) is 4. The minimum absolute atomic E-state index is 0.104. The summed E-state index contributed by atoms with van der Waals surface area (Å²) in [6.07, 6.45) is -3.67. The first-order chi connectivity index (χ1) is 10.2. The molecule has 0 aromatic carbocycles. The van der Waals surface area contributed by atoms with E-state index in [1.165, 1.54) is 7.11 Å². The van der Waals surface area contributed by atoms with E-state index >= 15 is 0 Å². The monoisotopic (exact) mass is 339 g/mol. The predicted molar refractivity (Wildman–Crippen MR) is 76.8 cm³/mol. The summed E-state index contributed by atoms with van der Waals surface area (Å²) >= 11 is 5.73. The number of pyridine rings is 1. The topological polar surface area (TPSA) is 63.2 Å². The molecule has 0 spiro atoms. The third-order valence-corrected chi connectivity index (χ3v) is 2.93. The van der Waals surface area contributed by atoms with E-state index in [1.807, 2.05) is 0 Å². The van der Waals surface area contributed by atoms with Crippen molar-refractivity contribution >= 4 is 23.3 Å². The van der Waals surface area contributed by atoms with Crippen molar-refractivity contribution in [3.05, 3.63) is 22.8 Å². The fraction of sp³-hybridized carbons (Fsp3) is 0.538. The zero-order chi connectivity index (χ0) is 16.8. The summed E-state index contributed by atoms with van der Waals surface area (Å²) in [6.45, 7) is 2.39. The van der Waals surface area contributed by atoms with Crippen molar-refractivity contribution in [2.45, 2.75) is 25.6 Å². The summed E-state index contributed by atoms with van der Waals surface area (Å²) < 4.78 is 42.3. The van der Waals surface area contributed by atoms with Gasteiger partial charge in [0.2, 0.25) is 5.91 Å². The standard InChI is InChI=1S/C13H17ClF3N3O2/c1-8(7-22-2)20-11(21)3-4-18-12-10(14)5-9(6-19-12)13(15,16)17/h5-6,8H,3-4,7H2,1-2H3,(H,18,19)(H,20,21)/t8-/m0/s1. The fourth-order valence-corrected chi connectivity index (χ4v) is 1.89. The van der Waals surface area contributed by atoms with Crippen LogP contribution in [0.5, 0.6) is 0 Å². The molecule has 5 nitrogen and oxygen atoms in total. The molecule has 124 valence electrons. The molecule has 1 aromatic rings. The number of hydrogen-bond donors (Lipinski definition) is 2. The molecule has 0 saturated carbocycles. The van der Waals surface area contributed by atoms with E-state index < -0.39 is 11.7 Å². The highest BCUT2D eigenvalue weighted by Crippen LogP contribution is 2.32. The summed E-state index contributed by atoms with van der Waals surface area (Å²) in [6, 6.07) is 0.669. The van der Waals surface area contributed by atoms with E-state index in [4.69, 9.17) is 16.3 Å². The van der Waals surface area contributed by atoms with Crippen LogP contribution in [0.25, 0.3) is 0 Å². The fourth-order valence-electron chi connectivity index (χ4n) is 1.66. The van der Waals surface area contributed by atoms with Gasteiger partial charge in [0.25, 0.3) is 0 Å². The number of methoxy groups -OCH3 is 1. The SMILES string of the molecule is COC[C@H](C)NC(=O)CCNc1ncc(C(F)(F)F)cc1Cl. The van der Waals surface area contributed by atoms with Gasteiger partial charge in [-0.2, -0.15) is 13.2 Å². The van der Waals surface area contributed by atoms with Gasteiger partial charge in [0.05, 0.1) is 17.2 Å². The van der Waals surface area contributed by atoms with Crippen LogP contribution in [-0.2, 0) is 15.7 Å². The van der Waals surface area contributed by atoms with Crippen LogP contribution in [0.4, 0.5) is 19.0 Å². The zero-order valence-corrected chi connectivity index (χ0v) is 12.9. The van der Waals surface area contributed by atoms with Crippen LogP contribution in [0.3, 0.4) is 0 Å². The van der Waals surface area contributed by atoms with Gasteiger partial charge in [0.15, 0.2) is 0 Å². The molecule has 1 amide bonds. The smallest absolute Gasteiger partial charge is 0.383 e. The Hall–Kier alpha value is -1.54. The highest BCUT2D eigenvalue weighted by molar-refractivity contribution is 6.32. The molecule has 2 N–H and O–H groups in total. The molecule has 1 heterocycles.